The van der Waals surface area contributed by atoms with Crippen molar-refractivity contribution in [3.63, 3.8) is 0 Å². The molecule has 9 nitrogen and oxygen atoms in total. The molecule has 0 heterocycles. The van der Waals surface area contributed by atoms with Crippen molar-refractivity contribution in [3.05, 3.63) is 83.7 Å². The van der Waals surface area contributed by atoms with Gasteiger partial charge < -0.3 is 25.2 Å². The number of ether oxygens (including phenoxy) is 2. The Morgan fingerprint density at radius 2 is 1.69 bits per heavy atom. The summed E-state index contributed by atoms with van der Waals surface area (Å²) in [6, 6.07) is 14.9. The van der Waals surface area contributed by atoms with Crippen LogP contribution in [0.5, 0.6) is 5.75 Å². The van der Waals surface area contributed by atoms with Crippen LogP contribution in [0.3, 0.4) is 0 Å². The third kappa shape index (κ3) is 17.4. The predicted octanol–water partition coefficient (Wildman–Crippen LogP) is 5.73. The molecule has 0 saturated carbocycles. The second-order valence-corrected chi connectivity index (χ2v) is 11.2. The lowest BCUT2D eigenvalue weighted by Crippen LogP contribution is -2.40. The first-order valence-corrected chi connectivity index (χ1v) is 15.0. The molecule has 0 fully saturated rings. The predicted molar refractivity (Wildman–Crippen MR) is 173 cm³/mol. The molecule has 0 aliphatic rings. The number of nitrogens with one attached hydrogen (secondary N) is 2. The number of carboxylic acid groups (broad SMARTS) is 1. The van der Waals surface area contributed by atoms with E-state index in [0.717, 1.165) is 24.0 Å². The van der Waals surface area contributed by atoms with Crippen molar-refractivity contribution in [1.82, 2.24) is 10.6 Å². The topological polar surface area (TPSA) is 131 Å². The molecule has 0 aliphatic heterocycles. The number of rotatable bonds is 16. The summed E-state index contributed by atoms with van der Waals surface area (Å²) in [6.07, 6.45) is 8.01. The minimum Gasteiger partial charge on any atom is -0.494 e. The van der Waals surface area contributed by atoms with Crippen LogP contribution in [0.25, 0.3) is 6.08 Å². The van der Waals surface area contributed by atoms with Crippen molar-refractivity contribution < 1.29 is 38.1 Å². The maximum Gasteiger partial charge on any atom is 0.345 e. The van der Waals surface area contributed by atoms with E-state index in [1.54, 1.807) is 12.1 Å². The van der Waals surface area contributed by atoms with Gasteiger partial charge in [0.15, 0.2) is 17.7 Å². The lowest BCUT2D eigenvalue weighted by Gasteiger charge is -2.18. The monoisotopic (exact) mass is 626 g/mol. The SMILES string of the molecule is CC(C)CC(OC(=O)C(C)CNC(=O)CNC(=O)/C=C/CCC(C)/C=C/c1ccccc1)C(=O)O.COc1ccc(C)cc1F. The van der Waals surface area contributed by atoms with E-state index < -0.39 is 29.9 Å². The molecule has 0 bridgehead atoms. The highest BCUT2D eigenvalue weighted by Gasteiger charge is 2.26. The van der Waals surface area contributed by atoms with Gasteiger partial charge in [-0.3, -0.25) is 14.4 Å². The number of aryl methyl sites for hydroxylation is 1. The zero-order chi connectivity index (χ0) is 33.8. The number of carbonyl (C=O) groups is 4. The van der Waals surface area contributed by atoms with Gasteiger partial charge in [-0.25, -0.2) is 9.18 Å². The van der Waals surface area contributed by atoms with Crippen molar-refractivity contribution in [2.24, 2.45) is 17.8 Å². The molecule has 246 valence electrons. The van der Waals surface area contributed by atoms with Crippen LogP contribution >= 0.6 is 0 Å². The average Bonchev–Trinajstić information content (AvgIpc) is 3.00. The van der Waals surface area contributed by atoms with Crippen LogP contribution in [0.1, 0.15) is 58.1 Å². The van der Waals surface area contributed by atoms with E-state index in [-0.39, 0.29) is 37.2 Å². The largest absolute Gasteiger partial charge is 0.494 e. The highest BCUT2D eigenvalue weighted by Crippen LogP contribution is 2.16. The normalized spacial score (nSPS) is 13.0. The molecule has 0 aromatic heterocycles. The third-order valence-corrected chi connectivity index (χ3v) is 6.43. The van der Waals surface area contributed by atoms with Crippen molar-refractivity contribution in [3.8, 4) is 5.75 Å². The molecule has 0 radical (unpaired) electrons. The Labute approximate surface area is 265 Å². The summed E-state index contributed by atoms with van der Waals surface area (Å²) >= 11 is 0. The summed E-state index contributed by atoms with van der Waals surface area (Å²) in [5.74, 6) is -3.04. The summed E-state index contributed by atoms with van der Waals surface area (Å²) in [4.78, 5) is 47.2. The molecule has 2 amide bonds. The highest BCUT2D eigenvalue weighted by atomic mass is 19.1. The number of hydrogen-bond acceptors (Lipinski definition) is 6. The van der Waals surface area contributed by atoms with Gasteiger partial charge in [0.1, 0.15) is 0 Å². The maximum absolute atomic E-state index is 12.7. The molecule has 3 atom stereocenters. The van der Waals surface area contributed by atoms with Gasteiger partial charge in [-0.15, -0.1) is 0 Å². The van der Waals surface area contributed by atoms with Gasteiger partial charge in [-0.1, -0.05) is 82.3 Å². The van der Waals surface area contributed by atoms with Gasteiger partial charge >= 0.3 is 11.9 Å². The molecule has 0 aliphatic carbocycles. The van der Waals surface area contributed by atoms with Gasteiger partial charge in [-0.2, -0.15) is 0 Å². The minimum absolute atomic E-state index is 0.0220. The molecule has 2 aromatic rings. The number of benzene rings is 2. The van der Waals surface area contributed by atoms with Gasteiger partial charge in [0.25, 0.3) is 0 Å². The first-order chi connectivity index (χ1) is 21.3. The van der Waals surface area contributed by atoms with Crippen LogP contribution in [0, 0.1) is 30.5 Å². The third-order valence-electron chi connectivity index (χ3n) is 6.43. The summed E-state index contributed by atoms with van der Waals surface area (Å²) < 4.78 is 22.5. The van der Waals surface area contributed by atoms with Gasteiger partial charge in [0.2, 0.25) is 11.8 Å². The average molecular weight is 627 g/mol. The van der Waals surface area contributed by atoms with E-state index in [4.69, 9.17) is 14.6 Å². The van der Waals surface area contributed by atoms with E-state index in [9.17, 15) is 23.6 Å². The molecule has 0 saturated heterocycles. The number of aliphatic carboxylic acids is 1. The molecule has 0 spiro atoms. The lowest BCUT2D eigenvalue weighted by atomic mass is 10.0. The Kier molecular flexibility index (Phi) is 18.2. The number of halogens is 1. The van der Waals surface area contributed by atoms with E-state index in [1.807, 2.05) is 57.2 Å². The number of allylic oxidation sites excluding steroid dienone is 2. The second-order valence-electron chi connectivity index (χ2n) is 11.2. The lowest BCUT2D eigenvalue weighted by molar-refractivity contribution is -0.167. The Hall–Kier alpha value is -4.47. The maximum atomic E-state index is 12.7. The number of carbonyl (C=O) groups excluding carboxylic acids is 3. The van der Waals surface area contributed by atoms with Gasteiger partial charge in [-0.05, 0) is 67.4 Å². The number of amides is 2. The Morgan fingerprint density at radius 1 is 1.00 bits per heavy atom. The van der Waals surface area contributed by atoms with Gasteiger partial charge in [0.05, 0.1) is 19.6 Å². The fourth-order valence-corrected chi connectivity index (χ4v) is 3.78. The Morgan fingerprint density at radius 3 is 2.29 bits per heavy atom. The molecule has 45 heavy (non-hydrogen) atoms. The number of esters is 1. The smallest absolute Gasteiger partial charge is 0.345 e. The van der Waals surface area contributed by atoms with Crippen LogP contribution < -0.4 is 15.4 Å². The first kappa shape index (κ1) is 38.6. The van der Waals surface area contributed by atoms with Crippen molar-refractivity contribution in [1.29, 1.82) is 0 Å². The minimum atomic E-state index is -1.21. The number of methoxy groups -OCH3 is 1. The molecule has 2 rings (SSSR count). The standard InChI is InChI=1S/C27H38N2O6.C8H9FO/c1-19(2)16-23(26(32)33)35-27(34)21(4)17-28-25(31)18-29-24(30)13-9-8-10-20(3)14-15-22-11-6-5-7-12-22;1-6-3-4-8(10-2)7(9)5-6/h5-7,9,11-15,19-21,23H,8,10,16-18H2,1-4H3,(H,28,31)(H,29,30)(H,32,33);3-5H,1-2H3/b13-9+,15-14+;. The second kappa shape index (κ2) is 21.3. The van der Waals surface area contributed by atoms with Crippen molar-refractivity contribution >= 4 is 29.8 Å². The van der Waals surface area contributed by atoms with E-state index in [2.05, 4.69) is 29.7 Å². The van der Waals surface area contributed by atoms with E-state index in [0.29, 0.717) is 11.7 Å². The van der Waals surface area contributed by atoms with E-state index in [1.165, 1.54) is 26.2 Å². The number of carboxylic acids is 1. The van der Waals surface area contributed by atoms with Crippen LogP contribution in [-0.4, -0.2) is 55.2 Å². The van der Waals surface area contributed by atoms with Gasteiger partial charge in [0, 0.05) is 6.54 Å². The quantitative estimate of drug-likeness (QED) is 0.160. The van der Waals surface area contributed by atoms with Crippen molar-refractivity contribution in [2.45, 2.75) is 60.0 Å². The molecular formula is C35H47FN2O7. The zero-order valence-corrected chi connectivity index (χ0v) is 27.0. The fraction of sp³-hybridized carbons (Fsp3) is 0.429. The van der Waals surface area contributed by atoms with Crippen LogP contribution in [-0.2, 0) is 23.9 Å². The van der Waals surface area contributed by atoms with Crippen LogP contribution in [0.15, 0.2) is 66.8 Å². The Balaban J connectivity index is 0.000000852. The molecular weight excluding hydrogens is 579 g/mol. The summed E-state index contributed by atoms with van der Waals surface area (Å²) in [6.45, 7) is 8.90. The first-order valence-electron chi connectivity index (χ1n) is 15.0. The number of hydrogen-bond donors (Lipinski definition) is 3. The molecule has 10 heteroatoms. The summed E-state index contributed by atoms with van der Waals surface area (Å²) in [7, 11) is 1.45. The van der Waals surface area contributed by atoms with E-state index >= 15 is 0 Å². The fourth-order valence-electron chi connectivity index (χ4n) is 3.78. The molecule has 3 N–H and O–H groups in total. The summed E-state index contributed by atoms with van der Waals surface area (Å²) in [5.41, 5.74) is 2.05. The van der Waals surface area contributed by atoms with Crippen molar-refractivity contribution in [2.75, 3.05) is 20.2 Å². The molecule has 2 aromatic carbocycles. The highest BCUT2D eigenvalue weighted by molar-refractivity contribution is 5.91. The molecule has 3 unspecified atom stereocenters. The zero-order valence-electron chi connectivity index (χ0n) is 27.0. The Bertz CT molecular complexity index is 1280. The van der Waals surface area contributed by atoms with Crippen LogP contribution in [0.2, 0.25) is 0 Å². The summed E-state index contributed by atoms with van der Waals surface area (Å²) in [5, 5.41) is 14.2. The van der Waals surface area contributed by atoms with Crippen LogP contribution in [0.4, 0.5) is 4.39 Å².